The van der Waals surface area contributed by atoms with E-state index in [1.54, 1.807) is 6.92 Å². The minimum Gasteiger partial charge on any atom is -0.458 e. The number of ether oxygens (including phenoxy) is 1. The predicted molar refractivity (Wildman–Crippen MR) is 86.6 cm³/mol. The van der Waals surface area contributed by atoms with Crippen molar-refractivity contribution in [3.8, 4) is 0 Å². The standard InChI is InChI=1S/C16H15N3O3S/c1-10-5-3-4-6-12(10)8-15(21)22-9-13-18-19-14(20)7-11(2)17-16(19)23-13/h3-7H,8-9H2,1-2H3. The minimum atomic E-state index is -0.324. The third-order valence-corrected chi connectivity index (χ3v) is 4.25. The smallest absolute Gasteiger partial charge is 0.310 e. The zero-order chi connectivity index (χ0) is 16.4. The Bertz CT molecular complexity index is 930. The minimum absolute atomic E-state index is 0.0389. The third kappa shape index (κ3) is 3.45. The van der Waals surface area contributed by atoms with E-state index in [9.17, 15) is 9.59 Å². The molecule has 0 atom stereocenters. The van der Waals surface area contributed by atoms with Crippen LogP contribution < -0.4 is 5.56 Å². The summed E-state index contributed by atoms with van der Waals surface area (Å²) in [6, 6.07) is 9.10. The molecule has 0 saturated heterocycles. The van der Waals surface area contributed by atoms with Crippen LogP contribution in [0, 0.1) is 13.8 Å². The molecular formula is C16H15N3O3S. The number of hydrogen-bond donors (Lipinski definition) is 0. The lowest BCUT2D eigenvalue weighted by Gasteiger charge is -2.05. The van der Waals surface area contributed by atoms with Gasteiger partial charge in [0.2, 0.25) is 4.96 Å². The number of carbonyl (C=O) groups is 1. The summed E-state index contributed by atoms with van der Waals surface area (Å²) in [6.45, 7) is 3.75. The molecule has 0 radical (unpaired) electrons. The summed E-state index contributed by atoms with van der Waals surface area (Å²) in [5, 5.41) is 4.67. The second kappa shape index (κ2) is 6.29. The van der Waals surface area contributed by atoms with Crippen LogP contribution in [0.1, 0.15) is 21.8 Å². The van der Waals surface area contributed by atoms with Crippen molar-refractivity contribution in [2.24, 2.45) is 0 Å². The molecule has 6 nitrogen and oxygen atoms in total. The van der Waals surface area contributed by atoms with E-state index in [0.717, 1.165) is 11.1 Å². The summed E-state index contributed by atoms with van der Waals surface area (Å²) in [4.78, 5) is 28.5. The van der Waals surface area contributed by atoms with Crippen LogP contribution in [-0.2, 0) is 22.6 Å². The van der Waals surface area contributed by atoms with Crippen LogP contribution in [0.2, 0.25) is 0 Å². The lowest BCUT2D eigenvalue weighted by Crippen LogP contribution is -2.14. The van der Waals surface area contributed by atoms with Gasteiger partial charge >= 0.3 is 5.97 Å². The third-order valence-electron chi connectivity index (χ3n) is 3.37. The van der Waals surface area contributed by atoms with Crippen LogP contribution in [0.25, 0.3) is 4.96 Å². The van der Waals surface area contributed by atoms with Crippen LogP contribution in [0.15, 0.2) is 35.1 Å². The van der Waals surface area contributed by atoms with Gasteiger partial charge in [0, 0.05) is 11.8 Å². The van der Waals surface area contributed by atoms with Gasteiger partial charge in [-0.1, -0.05) is 35.6 Å². The Morgan fingerprint density at radius 3 is 2.87 bits per heavy atom. The number of carbonyl (C=O) groups excluding carboxylic acids is 1. The van der Waals surface area contributed by atoms with E-state index in [4.69, 9.17) is 4.74 Å². The molecule has 0 unspecified atom stereocenters. The van der Waals surface area contributed by atoms with Crippen LogP contribution in [0.4, 0.5) is 0 Å². The second-order valence-corrected chi connectivity index (χ2v) is 6.23. The van der Waals surface area contributed by atoms with E-state index in [1.165, 1.54) is 21.9 Å². The number of aryl methyl sites for hydroxylation is 2. The topological polar surface area (TPSA) is 73.6 Å². The fourth-order valence-corrected chi connectivity index (χ4v) is 3.03. The molecule has 0 amide bonds. The van der Waals surface area contributed by atoms with Crippen LogP contribution in [0.5, 0.6) is 0 Å². The van der Waals surface area contributed by atoms with Gasteiger partial charge in [-0.05, 0) is 25.0 Å². The van der Waals surface area contributed by atoms with Crippen molar-refractivity contribution in [1.82, 2.24) is 14.6 Å². The molecule has 7 heteroatoms. The predicted octanol–water partition coefficient (Wildman–Crippen LogP) is 2.05. The molecule has 0 aliphatic heterocycles. The maximum Gasteiger partial charge on any atom is 0.310 e. The molecule has 3 rings (SSSR count). The Balaban J connectivity index is 1.69. The zero-order valence-corrected chi connectivity index (χ0v) is 13.6. The molecule has 0 fully saturated rings. The number of nitrogens with zero attached hydrogens (tertiary/aromatic N) is 3. The first-order valence-corrected chi connectivity index (χ1v) is 7.91. The molecule has 2 aromatic heterocycles. The fourth-order valence-electron chi connectivity index (χ4n) is 2.18. The van der Waals surface area contributed by atoms with Crippen LogP contribution in [-0.4, -0.2) is 20.6 Å². The lowest BCUT2D eigenvalue weighted by atomic mass is 10.1. The normalized spacial score (nSPS) is 10.9. The fraction of sp³-hybridized carbons (Fsp3) is 0.250. The van der Waals surface area contributed by atoms with Gasteiger partial charge in [-0.25, -0.2) is 4.98 Å². The number of hydrogen-bond acceptors (Lipinski definition) is 6. The summed E-state index contributed by atoms with van der Waals surface area (Å²) in [5.74, 6) is -0.324. The van der Waals surface area contributed by atoms with Crippen molar-refractivity contribution in [3.05, 3.63) is 62.5 Å². The highest BCUT2D eigenvalue weighted by Gasteiger charge is 2.11. The Labute approximate surface area is 136 Å². The van der Waals surface area contributed by atoms with Crippen LogP contribution >= 0.6 is 11.3 Å². The molecular weight excluding hydrogens is 314 g/mol. The van der Waals surface area contributed by atoms with E-state index in [-0.39, 0.29) is 24.6 Å². The number of rotatable bonds is 4. The molecule has 2 heterocycles. The summed E-state index contributed by atoms with van der Waals surface area (Å²) < 4.78 is 6.48. The van der Waals surface area contributed by atoms with E-state index < -0.39 is 0 Å². The Kier molecular flexibility index (Phi) is 4.20. The van der Waals surface area contributed by atoms with E-state index in [0.29, 0.717) is 15.7 Å². The summed E-state index contributed by atoms with van der Waals surface area (Å²) >= 11 is 1.24. The molecule has 0 N–H and O–H groups in total. The maximum absolute atomic E-state index is 11.9. The highest BCUT2D eigenvalue weighted by atomic mass is 32.1. The quantitative estimate of drug-likeness (QED) is 0.685. The van der Waals surface area contributed by atoms with Gasteiger partial charge < -0.3 is 4.74 Å². The molecule has 0 aliphatic rings. The van der Waals surface area contributed by atoms with Gasteiger partial charge in [0.25, 0.3) is 5.56 Å². The lowest BCUT2D eigenvalue weighted by molar-refractivity contribution is -0.144. The van der Waals surface area contributed by atoms with E-state index >= 15 is 0 Å². The molecule has 23 heavy (non-hydrogen) atoms. The summed E-state index contributed by atoms with van der Waals surface area (Å²) in [6.07, 6.45) is 0.217. The number of benzene rings is 1. The van der Waals surface area contributed by atoms with Crippen LogP contribution in [0.3, 0.4) is 0 Å². The Morgan fingerprint density at radius 2 is 2.09 bits per heavy atom. The van der Waals surface area contributed by atoms with E-state index in [2.05, 4.69) is 10.1 Å². The van der Waals surface area contributed by atoms with Crippen molar-refractivity contribution < 1.29 is 9.53 Å². The number of fused-ring (bicyclic) bond motifs is 1. The first-order chi connectivity index (χ1) is 11.0. The molecule has 0 spiro atoms. The van der Waals surface area contributed by atoms with Crippen molar-refractivity contribution >= 4 is 22.3 Å². The monoisotopic (exact) mass is 329 g/mol. The highest BCUT2D eigenvalue weighted by molar-refractivity contribution is 7.16. The second-order valence-electron chi connectivity index (χ2n) is 5.19. The molecule has 3 aromatic rings. The molecule has 1 aromatic carbocycles. The zero-order valence-electron chi connectivity index (χ0n) is 12.8. The van der Waals surface area contributed by atoms with E-state index in [1.807, 2.05) is 31.2 Å². The average Bonchev–Trinajstić information content (AvgIpc) is 2.91. The van der Waals surface area contributed by atoms with Crippen molar-refractivity contribution in [2.45, 2.75) is 26.9 Å². The Hall–Kier alpha value is -2.54. The summed E-state index contributed by atoms with van der Waals surface area (Å²) in [5.41, 5.74) is 2.40. The highest BCUT2D eigenvalue weighted by Crippen LogP contribution is 2.13. The van der Waals surface area contributed by atoms with Crippen molar-refractivity contribution in [3.63, 3.8) is 0 Å². The van der Waals surface area contributed by atoms with Gasteiger partial charge in [-0.15, -0.1) is 0 Å². The average molecular weight is 329 g/mol. The first-order valence-electron chi connectivity index (χ1n) is 7.09. The molecule has 0 aliphatic carbocycles. The van der Waals surface area contributed by atoms with Gasteiger partial charge in [0.05, 0.1) is 6.42 Å². The van der Waals surface area contributed by atoms with Gasteiger partial charge in [0.15, 0.2) is 5.01 Å². The molecule has 0 bridgehead atoms. The molecule has 118 valence electrons. The maximum atomic E-state index is 11.9. The molecule has 0 saturated carbocycles. The summed E-state index contributed by atoms with van der Waals surface area (Å²) in [7, 11) is 0. The van der Waals surface area contributed by atoms with Gasteiger partial charge in [-0.3, -0.25) is 9.59 Å². The van der Waals surface area contributed by atoms with Gasteiger partial charge in [-0.2, -0.15) is 9.61 Å². The largest absolute Gasteiger partial charge is 0.458 e. The van der Waals surface area contributed by atoms with Gasteiger partial charge in [0.1, 0.15) is 6.61 Å². The Morgan fingerprint density at radius 1 is 1.30 bits per heavy atom. The van der Waals surface area contributed by atoms with Crippen molar-refractivity contribution in [1.29, 1.82) is 0 Å². The van der Waals surface area contributed by atoms with Crippen molar-refractivity contribution in [2.75, 3.05) is 0 Å². The number of aromatic nitrogens is 3. The SMILES string of the molecule is Cc1cc(=O)n2nc(COC(=O)Cc3ccccc3C)sc2n1. The first kappa shape index (κ1) is 15.4. The number of esters is 1.